The molecule has 1 heterocycles. The molecule has 0 spiro atoms. The zero-order valence-electron chi connectivity index (χ0n) is 11.7. The third-order valence-corrected chi connectivity index (χ3v) is 3.24. The molecular formula is C16H20N2O. The van der Waals surface area contributed by atoms with Crippen LogP contribution >= 0.6 is 0 Å². The van der Waals surface area contributed by atoms with Crippen molar-refractivity contribution < 1.29 is 4.74 Å². The lowest BCUT2D eigenvalue weighted by Crippen LogP contribution is -2.13. The third-order valence-electron chi connectivity index (χ3n) is 3.24. The van der Waals surface area contributed by atoms with E-state index in [2.05, 4.69) is 42.3 Å². The maximum absolute atomic E-state index is 5.04. The lowest BCUT2D eigenvalue weighted by Gasteiger charge is -2.07. The van der Waals surface area contributed by atoms with Crippen molar-refractivity contribution in [3.63, 3.8) is 0 Å². The van der Waals surface area contributed by atoms with E-state index >= 15 is 0 Å². The topological polar surface area (TPSA) is 34.1 Å². The molecule has 0 aliphatic heterocycles. The molecule has 19 heavy (non-hydrogen) atoms. The van der Waals surface area contributed by atoms with Crippen molar-refractivity contribution in [1.82, 2.24) is 10.3 Å². The number of rotatable bonds is 5. The Morgan fingerprint density at radius 2 is 1.74 bits per heavy atom. The van der Waals surface area contributed by atoms with Gasteiger partial charge in [0, 0.05) is 25.4 Å². The van der Waals surface area contributed by atoms with Crippen LogP contribution in [0, 0.1) is 13.8 Å². The molecule has 2 aromatic rings. The van der Waals surface area contributed by atoms with Crippen molar-refractivity contribution in [2.75, 3.05) is 7.11 Å². The van der Waals surface area contributed by atoms with Crippen LogP contribution in [0.5, 0.6) is 5.88 Å². The first-order valence-electron chi connectivity index (χ1n) is 6.45. The van der Waals surface area contributed by atoms with Gasteiger partial charge in [-0.05, 0) is 36.1 Å². The van der Waals surface area contributed by atoms with Gasteiger partial charge in [-0.2, -0.15) is 0 Å². The van der Waals surface area contributed by atoms with Crippen molar-refractivity contribution in [1.29, 1.82) is 0 Å². The van der Waals surface area contributed by atoms with Gasteiger partial charge in [0.2, 0.25) is 5.88 Å². The highest BCUT2D eigenvalue weighted by molar-refractivity contribution is 5.29. The van der Waals surface area contributed by atoms with Crippen molar-refractivity contribution in [2.24, 2.45) is 0 Å². The van der Waals surface area contributed by atoms with E-state index < -0.39 is 0 Å². The zero-order chi connectivity index (χ0) is 13.7. The summed E-state index contributed by atoms with van der Waals surface area (Å²) in [6.45, 7) is 5.96. The molecule has 1 aromatic heterocycles. The highest BCUT2D eigenvalue weighted by Gasteiger charge is 1.98. The fourth-order valence-corrected chi connectivity index (χ4v) is 1.90. The van der Waals surface area contributed by atoms with Gasteiger partial charge in [0.15, 0.2) is 0 Å². The number of methoxy groups -OCH3 is 1. The molecule has 0 atom stereocenters. The molecule has 3 nitrogen and oxygen atoms in total. The van der Waals surface area contributed by atoms with E-state index in [9.17, 15) is 0 Å². The lowest BCUT2D eigenvalue weighted by molar-refractivity contribution is 0.397. The lowest BCUT2D eigenvalue weighted by atomic mass is 10.1. The molecule has 0 radical (unpaired) electrons. The molecule has 3 heteroatoms. The maximum Gasteiger partial charge on any atom is 0.212 e. The fourth-order valence-electron chi connectivity index (χ4n) is 1.90. The van der Waals surface area contributed by atoms with E-state index in [4.69, 9.17) is 4.74 Å². The molecular weight excluding hydrogens is 236 g/mol. The van der Waals surface area contributed by atoms with Gasteiger partial charge < -0.3 is 10.1 Å². The van der Waals surface area contributed by atoms with Gasteiger partial charge in [-0.3, -0.25) is 0 Å². The molecule has 0 fully saturated rings. The standard InChI is InChI=1S/C16H20N2O/c1-12-4-5-14(8-13(12)2)9-17-10-15-6-7-16(19-3)18-11-15/h4-8,11,17H,9-10H2,1-3H3. The van der Waals surface area contributed by atoms with Gasteiger partial charge in [0.05, 0.1) is 7.11 Å². The van der Waals surface area contributed by atoms with Gasteiger partial charge in [-0.1, -0.05) is 24.3 Å². The first-order chi connectivity index (χ1) is 9.19. The van der Waals surface area contributed by atoms with Gasteiger partial charge in [0.1, 0.15) is 0 Å². The Morgan fingerprint density at radius 3 is 2.37 bits per heavy atom. The van der Waals surface area contributed by atoms with Crippen molar-refractivity contribution >= 4 is 0 Å². The summed E-state index contributed by atoms with van der Waals surface area (Å²) < 4.78 is 5.04. The first kappa shape index (κ1) is 13.6. The number of nitrogens with one attached hydrogen (secondary N) is 1. The quantitative estimate of drug-likeness (QED) is 0.893. The average molecular weight is 256 g/mol. The SMILES string of the molecule is COc1ccc(CNCc2ccc(C)c(C)c2)cn1. The van der Waals surface area contributed by atoms with Gasteiger partial charge in [-0.25, -0.2) is 4.98 Å². The monoisotopic (exact) mass is 256 g/mol. The Bertz CT molecular complexity index is 535. The second-order valence-corrected chi connectivity index (χ2v) is 4.73. The molecule has 1 aromatic carbocycles. The second-order valence-electron chi connectivity index (χ2n) is 4.73. The zero-order valence-corrected chi connectivity index (χ0v) is 11.7. The highest BCUT2D eigenvalue weighted by Crippen LogP contribution is 2.10. The van der Waals surface area contributed by atoms with E-state index in [1.165, 1.54) is 16.7 Å². The average Bonchev–Trinajstić information content (AvgIpc) is 2.43. The minimum atomic E-state index is 0.651. The van der Waals surface area contributed by atoms with Gasteiger partial charge in [0.25, 0.3) is 0 Å². The second kappa shape index (κ2) is 6.34. The van der Waals surface area contributed by atoms with Crippen LogP contribution in [-0.4, -0.2) is 12.1 Å². The minimum Gasteiger partial charge on any atom is -0.481 e. The van der Waals surface area contributed by atoms with Gasteiger partial charge in [-0.15, -0.1) is 0 Å². The number of aromatic nitrogens is 1. The number of ether oxygens (including phenoxy) is 1. The molecule has 0 saturated heterocycles. The fraction of sp³-hybridized carbons (Fsp3) is 0.312. The summed E-state index contributed by atoms with van der Waals surface area (Å²) in [5.74, 6) is 0.651. The summed E-state index contributed by atoms with van der Waals surface area (Å²) in [5, 5.41) is 3.42. The minimum absolute atomic E-state index is 0.651. The van der Waals surface area contributed by atoms with E-state index in [1.807, 2.05) is 18.3 Å². The van der Waals surface area contributed by atoms with Crippen LogP contribution in [0.3, 0.4) is 0 Å². The summed E-state index contributed by atoms with van der Waals surface area (Å²) in [6.07, 6.45) is 1.84. The largest absolute Gasteiger partial charge is 0.481 e. The molecule has 0 amide bonds. The molecule has 0 aliphatic rings. The Balaban J connectivity index is 1.86. The molecule has 0 bridgehead atoms. The van der Waals surface area contributed by atoms with Crippen LogP contribution in [-0.2, 0) is 13.1 Å². The smallest absolute Gasteiger partial charge is 0.212 e. The van der Waals surface area contributed by atoms with Crippen LogP contribution in [0.1, 0.15) is 22.3 Å². The number of hydrogen-bond donors (Lipinski definition) is 1. The van der Waals surface area contributed by atoms with E-state index in [1.54, 1.807) is 7.11 Å². The van der Waals surface area contributed by atoms with Crippen molar-refractivity contribution in [3.8, 4) is 5.88 Å². The normalized spacial score (nSPS) is 10.5. The van der Waals surface area contributed by atoms with Crippen LogP contribution in [0.2, 0.25) is 0 Å². The summed E-state index contributed by atoms with van der Waals surface area (Å²) in [4.78, 5) is 4.19. The summed E-state index contributed by atoms with van der Waals surface area (Å²) >= 11 is 0. The van der Waals surface area contributed by atoms with E-state index in [0.29, 0.717) is 5.88 Å². The van der Waals surface area contributed by atoms with Crippen LogP contribution in [0.4, 0.5) is 0 Å². The summed E-state index contributed by atoms with van der Waals surface area (Å²) in [5.41, 5.74) is 5.14. The maximum atomic E-state index is 5.04. The molecule has 0 saturated carbocycles. The van der Waals surface area contributed by atoms with Crippen molar-refractivity contribution in [2.45, 2.75) is 26.9 Å². The predicted molar refractivity (Wildman–Crippen MR) is 77.2 cm³/mol. The number of pyridine rings is 1. The molecule has 2 rings (SSSR count). The Labute approximate surface area is 114 Å². The molecule has 100 valence electrons. The summed E-state index contributed by atoms with van der Waals surface area (Å²) in [7, 11) is 1.62. The summed E-state index contributed by atoms with van der Waals surface area (Å²) in [6, 6.07) is 10.5. The van der Waals surface area contributed by atoms with E-state index in [-0.39, 0.29) is 0 Å². The van der Waals surface area contributed by atoms with Gasteiger partial charge >= 0.3 is 0 Å². The van der Waals surface area contributed by atoms with Crippen LogP contribution in [0.15, 0.2) is 36.5 Å². The molecule has 0 unspecified atom stereocenters. The number of benzene rings is 1. The molecule has 0 aliphatic carbocycles. The highest BCUT2D eigenvalue weighted by atomic mass is 16.5. The third kappa shape index (κ3) is 3.80. The Kier molecular flexibility index (Phi) is 4.53. The van der Waals surface area contributed by atoms with Crippen molar-refractivity contribution in [3.05, 3.63) is 58.8 Å². The van der Waals surface area contributed by atoms with Crippen LogP contribution < -0.4 is 10.1 Å². The Morgan fingerprint density at radius 1 is 1.00 bits per heavy atom. The van der Waals surface area contributed by atoms with Crippen LogP contribution in [0.25, 0.3) is 0 Å². The molecule has 1 N–H and O–H groups in total. The number of hydrogen-bond acceptors (Lipinski definition) is 3. The first-order valence-corrected chi connectivity index (χ1v) is 6.45. The number of nitrogens with zero attached hydrogens (tertiary/aromatic N) is 1. The Hall–Kier alpha value is -1.87. The van der Waals surface area contributed by atoms with E-state index in [0.717, 1.165) is 18.7 Å². The predicted octanol–water partition coefficient (Wildman–Crippen LogP) is 3.00. The number of aryl methyl sites for hydroxylation is 2.